The number of nitrogen functional groups attached to an aromatic ring is 2. The number of nitrogens with two attached hydrogens (primary N) is 2. The van der Waals surface area contributed by atoms with Gasteiger partial charge in [0.05, 0.1) is 11.4 Å². The van der Waals surface area contributed by atoms with E-state index < -0.39 is 0 Å². The maximum atomic E-state index is 9.04. The molecule has 0 aliphatic heterocycles. The molecule has 26 heavy (non-hydrogen) atoms. The van der Waals surface area contributed by atoms with Crippen molar-refractivity contribution in [2.45, 2.75) is 13.5 Å². The van der Waals surface area contributed by atoms with Crippen LogP contribution >= 0.6 is 11.3 Å². The van der Waals surface area contributed by atoms with Crippen LogP contribution in [0.2, 0.25) is 0 Å². The van der Waals surface area contributed by atoms with Crippen LogP contribution < -0.4 is 11.5 Å². The first-order valence-corrected chi connectivity index (χ1v) is 8.59. The van der Waals surface area contributed by atoms with Crippen LogP contribution in [0.4, 0.5) is 11.6 Å². The number of anilines is 2. The molecule has 0 radical (unpaired) electrons. The number of fused-ring (bicyclic) bond motifs is 1. The third-order valence-electron chi connectivity index (χ3n) is 4.00. The number of nitrogens with zero attached hydrogens (tertiary/aromatic N) is 6. The predicted octanol–water partition coefficient (Wildman–Crippen LogP) is 2.34. The Morgan fingerprint density at radius 3 is 2.77 bits per heavy atom. The fraction of sp³-hybridized carbons (Fsp3) is 0.118. The highest BCUT2D eigenvalue weighted by atomic mass is 32.1. The molecule has 0 aliphatic carbocycles. The summed E-state index contributed by atoms with van der Waals surface area (Å²) >= 11 is 1.33. The molecule has 0 spiro atoms. The van der Waals surface area contributed by atoms with Crippen molar-refractivity contribution >= 4 is 34.1 Å². The predicted molar refractivity (Wildman–Crippen MR) is 100 cm³/mol. The number of hydrogen-bond acceptors (Lipinski definition) is 8. The summed E-state index contributed by atoms with van der Waals surface area (Å²) in [5.41, 5.74) is 16.2. The highest BCUT2D eigenvalue weighted by Gasteiger charge is 2.17. The normalized spacial score (nSPS) is 10.9. The van der Waals surface area contributed by atoms with Gasteiger partial charge in [-0.1, -0.05) is 17.3 Å². The van der Waals surface area contributed by atoms with Crippen molar-refractivity contribution in [1.29, 1.82) is 5.26 Å². The molecule has 0 bridgehead atoms. The zero-order valence-corrected chi connectivity index (χ0v) is 14.7. The van der Waals surface area contributed by atoms with E-state index in [1.54, 1.807) is 10.7 Å². The van der Waals surface area contributed by atoms with Crippen LogP contribution in [-0.4, -0.2) is 25.0 Å². The molecule has 0 aliphatic rings. The molecule has 0 atom stereocenters. The van der Waals surface area contributed by atoms with Crippen LogP contribution in [0.5, 0.6) is 0 Å². The van der Waals surface area contributed by atoms with Crippen LogP contribution in [-0.2, 0) is 6.54 Å². The van der Waals surface area contributed by atoms with Crippen LogP contribution in [0.3, 0.4) is 0 Å². The Morgan fingerprint density at radius 1 is 1.19 bits per heavy atom. The van der Waals surface area contributed by atoms with E-state index in [1.807, 2.05) is 31.2 Å². The number of aromatic nitrogens is 5. The Kier molecular flexibility index (Phi) is 3.74. The van der Waals surface area contributed by atoms with Crippen molar-refractivity contribution in [3.8, 4) is 16.6 Å². The molecule has 9 heteroatoms. The summed E-state index contributed by atoms with van der Waals surface area (Å²) in [6.07, 6.45) is 0. The molecule has 4 rings (SSSR count). The van der Waals surface area contributed by atoms with Gasteiger partial charge in [-0.3, -0.25) is 0 Å². The Labute approximate surface area is 152 Å². The van der Waals surface area contributed by atoms with E-state index in [4.69, 9.17) is 16.7 Å². The lowest BCUT2D eigenvalue weighted by Gasteiger charge is -2.06. The molecule has 3 aromatic heterocycles. The molecule has 8 nitrogen and oxygen atoms in total. The number of nitriles is 1. The molecule has 1 aromatic carbocycles. The van der Waals surface area contributed by atoms with E-state index in [0.29, 0.717) is 28.3 Å². The van der Waals surface area contributed by atoms with Gasteiger partial charge in [-0.05, 0) is 36.2 Å². The van der Waals surface area contributed by atoms with Gasteiger partial charge in [0.1, 0.15) is 16.6 Å². The summed E-state index contributed by atoms with van der Waals surface area (Å²) in [5.74, 6) is 0.136. The largest absolute Gasteiger partial charge is 0.399 e. The fourth-order valence-corrected chi connectivity index (χ4v) is 3.48. The van der Waals surface area contributed by atoms with Gasteiger partial charge in [-0.15, -0.1) is 16.4 Å². The first-order valence-electron chi connectivity index (χ1n) is 7.77. The first-order chi connectivity index (χ1) is 12.5. The molecule has 3 heterocycles. The second kappa shape index (κ2) is 6.09. The zero-order valence-electron chi connectivity index (χ0n) is 13.8. The summed E-state index contributed by atoms with van der Waals surface area (Å²) in [6.45, 7) is 2.45. The average molecular weight is 362 g/mol. The van der Waals surface area contributed by atoms with Crippen molar-refractivity contribution in [2.24, 2.45) is 0 Å². The van der Waals surface area contributed by atoms with E-state index in [1.165, 1.54) is 11.3 Å². The summed E-state index contributed by atoms with van der Waals surface area (Å²) in [4.78, 5) is 10.00. The Morgan fingerprint density at radius 2 is 2.04 bits per heavy atom. The molecule has 0 fully saturated rings. The summed E-state index contributed by atoms with van der Waals surface area (Å²) in [5, 5.41) is 17.5. The van der Waals surface area contributed by atoms with Gasteiger partial charge in [-0.2, -0.15) is 10.2 Å². The lowest BCUT2D eigenvalue weighted by Crippen LogP contribution is -2.05. The van der Waals surface area contributed by atoms with Gasteiger partial charge in [-0.25, -0.2) is 9.67 Å². The SMILES string of the molecule is Cc1cc(Cn2nnc3c(-c4ccc(C#N)s4)nc(N)nc32)ccc1N. The van der Waals surface area contributed by atoms with Gasteiger partial charge in [0.25, 0.3) is 0 Å². The highest BCUT2D eigenvalue weighted by molar-refractivity contribution is 7.16. The van der Waals surface area contributed by atoms with Crippen molar-refractivity contribution in [3.63, 3.8) is 0 Å². The Balaban J connectivity index is 1.80. The lowest BCUT2D eigenvalue weighted by atomic mass is 10.1. The van der Waals surface area contributed by atoms with Gasteiger partial charge in [0, 0.05) is 5.69 Å². The van der Waals surface area contributed by atoms with Crippen molar-refractivity contribution in [3.05, 3.63) is 46.3 Å². The third kappa shape index (κ3) is 2.72. The highest BCUT2D eigenvalue weighted by Crippen LogP contribution is 2.31. The van der Waals surface area contributed by atoms with Crippen molar-refractivity contribution in [1.82, 2.24) is 25.0 Å². The van der Waals surface area contributed by atoms with Gasteiger partial charge in [0.2, 0.25) is 5.95 Å². The lowest BCUT2D eigenvalue weighted by molar-refractivity contribution is 0.664. The zero-order chi connectivity index (χ0) is 18.3. The summed E-state index contributed by atoms with van der Waals surface area (Å²) in [7, 11) is 0. The Bertz CT molecular complexity index is 1170. The third-order valence-corrected chi connectivity index (χ3v) is 4.99. The topological polar surface area (TPSA) is 132 Å². The molecule has 4 N–H and O–H groups in total. The maximum absolute atomic E-state index is 9.04. The second-order valence-electron chi connectivity index (χ2n) is 5.82. The number of benzene rings is 1. The van der Waals surface area contributed by atoms with E-state index in [2.05, 4.69) is 26.3 Å². The number of hydrogen-bond donors (Lipinski definition) is 2. The van der Waals surface area contributed by atoms with E-state index in [9.17, 15) is 0 Å². The van der Waals surface area contributed by atoms with E-state index in [0.717, 1.165) is 21.7 Å². The minimum atomic E-state index is 0.136. The van der Waals surface area contributed by atoms with Gasteiger partial charge < -0.3 is 11.5 Å². The molecular weight excluding hydrogens is 348 g/mol. The molecule has 0 saturated carbocycles. The van der Waals surface area contributed by atoms with Crippen molar-refractivity contribution < 1.29 is 0 Å². The summed E-state index contributed by atoms with van der Waals surface area (Å²) < 4.78 is 1.68. The average Bonchev–Trinajstić information content (AvgIpc) is 3.25. The van der Waals surface area contributed by atoms with E-state index in [-0.39, 0.29) is 5.95 Å². The summed E-state index contributed by atoms with van der Waals surface area (Å²) in [6, 6.07) is 11.5. The molecule has 0 unspecified atom stereocenters. The molecule has 128 valence electrons. The smallest absolute Gasteiger partial charge is 0.222 e. The molecule has 0 saturated heterocycles. The minimum absolute atomic E-state index is 0.136. The minimum Gasteiger partial charge on any atom is -0.399 e. The Hall–Kier alpha value is -3.51. The maximum Gasteiger partial charge on any atom is 0.222 e. The van der Waals surface area contributed by atoms with E-state index >= 15 is 0 Å². The van der Waals surface area contributed by atoms with Crippen LogP contribution in [0.15, 0.2) is 30.3 Å². The molecule has 0 amide bonds. The number of rotatable bonds is 3. The number of aryl methyl sites for hydroxylation is 1. The first kappa shape index (κ1) is 16.0. The molecular formula is C17H14N8S. The standard InChI is InChI=1S/C17H14N8S/c1-9-6-10(2-4-12(9)19)8-25-16-15(23-24-25)14(21-17(20)22-16)13-5-3-11(7-18)26-13/h2-6H,8,19H2,1H3,(H2,20,21,22). The van der Waals surface area contributed by atoms with Gasteiger partial charge >= 0.3 is 0 Å². The van der Waals surface area contributed by atoms with Crippen LogP contribution in [0.1, 0.15) is 16.0 Å². The fourth-order valence-electron chi connectivity index (χ4n) is 2.69. The van der Waals surface area contributed by atoms with Gasteiger partial charge in [0.15, 0.2) is 11.2 Å². The monoisotopic (exact) mass is 362 g/mol. The second-order valence-corrected chi connectivity index (χ2v) is 6.90. The molecule has 4 aromatic rings. The number of thiophene rings is 1. The van der Waals surface area contributed by atoms with Crippen molar-refractivity contribution in [2.75, 3.05) is 11.5 Å². The van der Waals surface area contributed by atoms with Crippen LogP contribution in [0.25, 0.3) is 21.7 Å². The quantitative estimate of drug-likeness (QED) is 0.534. The van der Waals surface area contributed by atoms with Crippen LogP contribution in [0, 0.1) is 18.3 Å².